The van der Waals surface area contributed by atoms with Gasteiger partial charge in [-0.2, -0.15) is 0 Å². The minimum absolute atomic E-state index is 1.06. The minimum atomic E-state index is 1.06. The largest absolute Gasteiger partial charge is 0.359 e. The van der Waals surface area contributed by atoms with Gasteiger partial charge in [-0.05, 0) is 12.8 Å². The van der Waals surface area contributed by atoms with Crippen molar-refractivity contribution in [3.05, 3.63) is 11.4 Å². The normalized spacial score (nSPS) is 18.5. The average Bonchev–Trinajstić information content (AvgIpc) is 2.24. The molecule has 64 valence electrons. The first-order valence-electron chi connectivity index (χ1n) is 4.35. The maximum atomic E-state index is 2.33. The molecule has 0 atom stereocenters. The predicted molar refractivity (Wildman–Crippen MR) is 48.0 cm³/mol. The molecule has 11 heavy (non-hydrogen) atoms. The Morgan fingerprint density at radius 3 is 1.64 bits per heavy atom. The third-order valence-electron chi connectivity index (χ3n) is 2.35. The Bertz CT molecular complexity index is 154. The predicted octanol–water partition coefficient (Wildman–Crippen LogP) is 1.85. The number of allylic oxidation sites excluding steroid dienone is 2. The van der Waals surface area contributed by atoms with E-state index in [1.807, 2.05) is 0 Å². The standard InChI is InChI=1S/C9H18N2/c1-5-8-9(6-2)11(4)7-10(8)3/h5-7H2,1-4H3. The molecule has 0 aromatic carbocycles. The SMILES string of the molecule is CCC1=C(CC)N(C)CN1C. The Labute approximate surface area is 69.5 Å². The molecule has 0 saturated carbocycles. The van der Waals surface area contributed by atoms with Gasteiger partial charge in [-0.15, -0.1) is 0 Å². The van der Waals surface area contributed by atoms with Crippen molar-refractivity contribution in [2.45, 2.75) is 26.7 Å². The van der Waals surface area contributed by atoms with E-state index in [2.05, 4.69) is 37.7 Å². The highest BCUT2D eigenvalue weighted by molar-refractivity contribution is 5.15. The highest BCUT2D eigenvalue weighted by Gasteiger charge is 2.19. The van der Waals surface area contributed by atoms with E-state index in [0.29, 0.717) is 0 Å². The van der Waals surface area contributed by atoms with Crippen LogP contribution in [0.4, 0.5) is 0 Å². The molecular formula is C9H18N2. The first kappa shape index (κ1) is 8.44. The lowest BCUT2D eigenvalue weighted by Crippen LogP contribution is -2.21. The van der Waals surface area contributed by atoms with E-state index in [1.54, 1.807) is 0 Å². The fraction of sp³-hybridized carbons (Fsp3) is 0.778. The van der Waals surface area contributed by atoms with Gasteiger partial charge in [0.25, 0.3) is 0 Å². The molecule has 0 N–H and O–H groups in total. The van der Waals surface area contributed by atoms with Crippen LogP contribution in [0.1, 0.15) is 26.7 Å². The summed E-state index contributed by atoms with van der Waals surface area (Å²) >= 11 is 0. The van der Waals surface area contributed by atoms with E-state index >= 15 is 0 Å². The van der Waals surface area contributed by atoms with Crippen LogP contribution in [0.5, 0.6) is 0 Å². The smallest absolute Gasteiger partial charge is 0.0892 e. The van der Waals surface area contributed by atoms with Crippen LogP contribution in [-0.2, 0) is 0 Å². The molecule has 0 amide bonds. The van der Waals surface area contributed by atoms with Crippen LogP contribution >= 0.6 is 0 Å². The van der Waals surface area contributed by atoms with Crippen molar-refractivity contribution in [3.63, 3.8) is 0 Å². The van der Waals surface area contributed by atoms with E-state index in [9.17, 15) is 0 Å². The summed E-state index contributed by atoms with van der Waals surface area (Å²) in [5.74, 6) is 0. The van der Waals surface area contributed by atoms with Crippen LogP contribution in [0, 0.1) is 0 Å². The van der Waals surface area contributed by atoms with Gasteiger partial charge in [-0.25, -0.2) is 0 Å². The van der Waals surface area contributed by atoms with E-state index in [-0.39, 0.29) is 0 Å². The molecule has 0 unspecified atom stereocenters. The summed E-state index contributed by atoms with van der Waals surface area (Å²) in [6.45, 7) is 5.51. The van der Waals surface area contributed by atoms with Gasteiger partial charge in [0, 0.05) is 25.5 Å². The van der Waals surface area contributed by atoms with Crippen molar-refractivity contribution in [3.8, 4) is 0 Å². The maximum Gasteiger partial charge on any atom is 0.0892 e. The van der Waals surface area contributed by atoms with Crippen molar-refractivity contribution in [2.24, 2.45) is 0 Å². The lowest BCUT2D eigenvalue weighted by Gasteiger charge is -2.15. The highest BCUT2D eigenvalue weighted by atomic mass is 15.3. The molecule has 2 heteroatoms. The Hall–Kier alpha value is -0.660. The van der Waals surface area contributed by atoms with E-state index in [4.69, 9.17) is 0 Å². The quantitative estimate of drug-likeness (QED) is 0.599. The molecule has 1 rings (SSSR count). The second-order valence-electron chi connectivity index (χ2n) is 3.14. The average molecular weight is 154 g/mol. The van der Waals surface area contributed by atoms with Crippen LogP contribution in [0.25, 0.3) is 0 Å². The maximum absolute atomic E-state index is 2.33. The number of hydrogen-bond donors (Lipinski definition) is 0. The summed E-state index contributed by atoms with van der Waals surface area (Å²) in [6, 6.07) is 0. The topological polar surface area (TPSA) is 6.48 Å². The summed E-state index contributed by atoms with van der Waals surface area (Å²) in [5.41, 5.74) is 3.02. The highest BCUT2D eigenvalue weighted by Crippen LogP contribution is 2.24. The molecule has 0 aromatic rings. The molecule has 0 fully saturated rings. The molecule has 1 aliphatic heterocycles. The monoisotopic (exact) mass is 154 g/mol. The Morgan fingerprint density at radius 1 is 1.00 bits per heavy atom. The van der Waals surface area contributed by atoms with Gasteiger partial charge >= 0.3 is 0 Å². The third-order valence-corrected chi connectivity index (χ3v) is 2.35. The number of nitrogens with zero attached hydrogens (tertiary/aromatic N) is 2. The molecule has 1 aliphatic rings. The molecule has 0 saturated heterocycles. The summed E-state index contributed by atoms with van der Waals surface area (Å²) in [5, 5.41) is 0. The second kappa shape index (κ2) is 3.16. The second-order valence-corrected chi connectivity index (χ2v) is 3.14. The van der Waals surface area contributed by atoms with Crippen LogP contribution in [0.3, 0.4) is 0 Å². The summed E-state index contributed by atoms with van der Waals surface area (Å²) < 4.78 is 0. The van der Waals surface area contributed by atoms with Crippen LogP contribution in [-0.4, -0.2) is 30.6 Å². The van der Waals surface area contributed by atoms with Crippen LogP contribution < -0.4 is 0 Å². The molecule has 0 radical (unpaired) electrons. The summed E-state index contributed by atoms with van der Waals surface area (Å²) in [6.07, 6.45) is 2.31. The van der Waals surface area contributed by atoms with Crippen molar-refractivity contribution in [1.29, 1.82) is 0 Å². The van der Waals surface area contributed by atoms with Gasteiger partial charge < -0.3 is 9.80 Å². The molecule has 0 bridgehead atoms. The van der Waals surface area contributed by atoms with E-state index in [1.165, 1.54) is 11.4 Å². The molecule has 0 aromatic heterocycles. The zero-order chi connectivity index (χ0) is 8.43. The van der Waals surface area contributed by atoms with Crippen molar-refractivity contribution in [1.82, 2.24) is 9.80 Å². The van der Waals surface area contributed by atoms with Crippen molar-refractivity contribution < 1.29 is 0 Å². The first-order valence-corrected chi connectivity index (χ1v) is 4.35. The molecular weight excluding hydrogens is 136 g/mol. The van der Waals surface area contributed by atoms with Gasteiger partial charge in [0.15, 0.2) is 0 Å². The van der Waals surface area contributed by atoms with Crippen LogP contribution in [0.15, 0.2) is 11.4 Å². The van der Waals surface area contributed by atoms with Gasteiger partial charge in [-0.1, -0.05) is 13.8 Å². The lowest BCUT2D eigenvalue weighted by molar-refractivity contribution is 0.312. The zero-order valence-corrected chi connectivity index (χ0v) is 8.02. The third kappa shape index (κ3) is 1.35. The summed E-state index contributed by atoms with van der Waals surface area (Å²) in [4.78, 5) is 4.66. The van der Waals surface area contributed by atoms with Gasteiger partial charge in [0.2, 0.25) is 0 Å². The summed E-state index contributed by atoms with van der Waals surface area (Å²) in [7, 11) is 4.33. The minimum Gasteiger partial charge on any atom is -0.359 e. The van der Waals surface area contributed by atoms with E-state index in [0.717, 1.165) is 19.5 Å². The molecule has 0 spiro atoms. The molecule has 2 nitrogen and oxygen atoms in total. The van der Waals surface area contributed by atoms with Crippen molar-refractivity contribution >= 4 is 0 Å². The Balaban J connectivity index is 2.83. The number of rotatable bonds is 2. The molecule has 1 heterocycles. The van der Waals surface area contributed by atoms with Crippen LogP contribution in [0.2, 0.25) is 0 Å². The fourth-order valence-electron chi connectivity index (χ4n) is 1.88. The lowest BCUT2D eigenvalue weighted by atomic mass is 10.2. The van der Waals surface area contributed by atoms with E-state index < -0.39 is 0 Å². The first-order chi connectivity index (χ1) is 5.20. The fourth-order valence-corrected chi connectivity index (χ4v) is 1.88. The Kier molecular flexibility index (Phi) is 2.42. The Morgan fingerprint density at radius 2 is 1.36 bits per heavy atom. The van der Waals surface area contributed by atoms with Gasteiger partial charge in [0.05, 0.1) is 6.67 Å². The zero-order valence-electron chi connectivity index (χ0n) is 8.02. The number of hydrogen-bond acceptors (Lipinski definition) is 2. The van der Waals surface area contributed by atoms with Crippen molar-refractivity contribution in [2.75, 3.05) is 20.8 Å². The molecule has 0 aliphatic carbocycles. The van der Waals surface area contributed by atoms with Gasteiger partial charge in [0.1, 0.15) is 0 Å². The van der Waals surface area contributed by atoms with Gasteiger partial charge in [-0.3, -0.25) is 0 Å².